The summed E-state index contributed by atoms with van der Waals surface area (Å²) in [6.07, 6.45) is 8.33. The van der Waals surface area contributed by atoms with E-state index < -0.39 is 6.10 Å². The number of ether oxygens (including phenoxy) is 2. The van der Waals surface area contributed by atoms with Crippen LogP contribution in [-0.4, -0.2) is 52.0 Å². The molecule has 0 radical (unpaired) electrons. The molecule has 2 fully saturated rings. The number of amides is 1. The molecular formula is C22H29N3O4. The largest absolute Gasteiger partial charge is 0.391 e. The highest BCUT2D eigenvalue weighted by atomic mass is 16.5. The van der Waals surface area contributed by atoms with Crippen molar-refractivity contribution in [2.45, 2.75) is 57.1 Å². The second kappa shape index (κ2) is 9.52. The minimum Gasteiger partial charge on any atom is -0.391 e. The van der Waals surface area contributed by atoms with Crippen molar-refractivity contribution in [1.29, 1.82) is 0 Å². The molecule has 1 unspecified atom stereocenters. The van der Waals surface area contributed by atoms with E-state index in [1.54, 1.807) is 12.5 Å². The lowest BCUT2D eigenvalue weighted by molar-refractivity contribution is -0.0392. The molecular weight excluding hydrogens is 370 g/mol. The topological polar surface area (TPSA) is 85.6 Å². The number of nitrogens with zero attached hydrogens (tertiary/aromatic N) is 2. The van der Waals surface area contributed by atoms with E-state index in [1.165, 1.54) is 0 Å². The molecule has 1 aliphatic carbocycles. The summed E-state index contributed by atoms with van der Waals surface area (Å²) in [6.45, 7) is 2.67. The van der Waals surface area contributed by atoms with Crippen LogP contribution in [0.1, 0.15) is 41.6 Å². The summed E-state index contributed by atoms with van der Waals surface area (Å²) in [5.74, 6) is 0.167. The summed E-state index contributed by atoms with van der Waals surface area (Å²) < 4.78 is 13.4. The molecule has 1 aromatic carbocycles. The summed E-state index contributed by atoms with van der Waals surface area (Å²) in [5.41, 5.74) is 1.49. The van der Waals surface area contributed by atoms with E-state index >= 15 is 0 Å². The number of hydrogen-bond acceptors (Lipinski definition) is 5. The number of aromatic nitrogens is 2. The molecule has 1 aromatic heterocycles. The lowest BCUT2D eigenvalue weighted by Crippen LogP contribution is -2.40. The fourth-order valence-corrected chi connectivity index (χ4v) is 4.28. The van der Waals surface area contributed by atoms with Crippen molar-refractivity contribution in [2.24, 2.45) is 5.92 Å². The first kappa shape index (κ1) is 20.1. The monoisotopic (exact) mass is 399 g/mol. The van der Waals surface area contributed by atoms with Crippen molar-refractivity contribution in [3.05, 3.63) is 54.1 Å². The molecule has 0 bridgehead atoms. The Bertz CT molecular complexity index is 789. The van der Waals surface area contributed by atoms with E-state index in [-0.39, 0.29) is 18.1 Å². The molecule has 3 atom stereocenters. The van der Waals surface area contributed by atoms with Crippen molar-refractivity contribution in [3.63, 3.8) is 0 Å². The second-order valence-electron chi connectivity index (χ2n) is 8.02. The first-order valence-electron chi connectivity index (χ1n) is 10.4. The molecule has 4 rings (SSSR count). The smallest absolute Gasteiger partial charge is 0.251 e. The maximum atomic E-state index is 12.9. The van der Waals surface area contributed by atoms with E-state index in [0.717, 1.165) is 44.6 Å². The molecule has 2 aromatic rings. The first-order valence-corrected chi connectivity index (χ1v) is 10.4. The van der Waals surface area contributed by atoms with Crippen molar-refractivity contribution in [3.8, 4) is 0 Å². The molecule has 2 aliphatic rings. The molecule has 29 heavy (non-hydrogen) atoms. The number of aliphatic hydroxyl groups is 1. The SMILES string of the molecule is O=C(N[C@@H]1CC(Cn2ccnc2)C[C@H]1O)c1ccccc1COC1CCOCC1. The number of carbonyl (C=O) groups excluding carboxylic acids is 1. The van der Waals surface area contributed by atoms with Gasteiger partial charge in [0.25, 0.3) is 5.91 Å². The second-order valence-corrected chi connectivity index (χ2v) is 8.02. The van der Waals surface area contributed by atoms with Gasteiger partial charge in [-0.15, -0.1) is 0 Å². The summed E-state index contributed by atoms with van der Waals surface area (Å²) in [5, 5.41) is 13.5. The van der Waals surface area contributed by atoms with Gasteiger partial charge in [-0.3, -0.25) is 4.79 Å². The van der Waals surface area contributed by atoms with Crippen LogP contribution in [0.5, 0.6) is 0 Å². The van der Waals surface area contributed by atoms with Crippen LogP contribution in [0.25, 0.3) is 0 Å². The van der Waals surface area contributed by atoms with E-state index in [0.29, 0.717) is 24.5 Å². The number of carbonyl (C=O) groups is 1. The summed E-state index contributed by atoms with van der Waals surface area (Å²) in [7, 11) is 0. The van der Waals surface area contributed by atoms with Gasteiger partial charge in [0.2, 0.25) is 0 Å². The third kappa shape index (κ3) is 5.23. The number of nitrogens with one attached hydrogen (secondary N) is 1. The van der Waals surface area contributed by atoms with Gasteiger partial charge in [-0.25, -0.2) is 4.98 Å². The molecule has 1 saturated carbocycles. The minimum atomic E-state index is -0.530. The number of aliphatic hydroxyl groups excluding tert-OH is 1. The minimum absolute atomic E-state index is 0.150. The third-order valence-electron chi connectivity index (χ3n) is 5.88. The maximum Gasteiger partial charge on any atom is 0.251 e. The molecule has 7 heteroatoms. The van der Waals surface area contributed by atoms with Gasteiger partial charge in [-0.2, -0.15) is 0 Å². The molecule has 7 nitrogen and oxygen atoms in total. The van der Waals surface area contributed by atoms with Gasteiger partial charge in [0.1, 0.15) is 0 Å². The Hall–Kier alpha value is -2.22. The third-order valence-corrected chi connectivity index (χ3v) is 5.88. The van der Waals surface area contributed by atoms with Crippen molar-refractivity contribution < 1.29 is 19.4 Å². The van der Waals surface area contributed by atoms with Crippen LogP contribution in [0.3, 0.4) is 0 Å². The van der Waals surface area contributed by atoms with E-state index in [4.69, 9.17) is 9.47 Å². The van der Waals surface area contributed by atoms with Crippen molar-refractivity contribution >= 4 is 5.91 Å². The number of rotatable bonds is 7. The lowest BCUT2D eigenvalue weighted by Gasteiger charge is -2.23. The number of benzene rings is 1. The molecule has 2 heterocycles. The summed E-state index contributed by atoms with van der Waals surface area (Å²) in [6, 6.07) is 7.30. The Morgan fingerprint density at radius 1 is 1.28 bits per heavy atom. The van der Waals surface area contributed by atoms with Crippen LogP contribution in [-0.2, 0) is 22.6 Å². The van der Waals surface area contributed by atoms with Crippen LogP contribution in [0.15, 0.2) is 43.0 Å². The van der Waals surface area contributed by atoms with Gasteiger partial charge in [0.05, 0.1) is 31.2 Å². The van der Waals surface area contributed by atoms with E-state index in [9.17, 15) is 9.90 Å². The molecule has 1 amide bonds. The van der Waals surface area contributed by atoms with Crippen LogP contribution in [0, 0.1) is 5.92 Å². The Morgan fingerprint density at radius 3 is 2.90 bits per heavy atom. The molecule has 0 spiro atoms. The Morgan fingerprint density at radius 2 is 2.10 bits per heavy atom. The van der Waals surface area contributed by atoms with Gasteiger partial charge in [0, 0.05) is 37.7 Å². The van der Waals surface area contributed by atoms with Gasteiger partial charge < -0.3 is 24.5 Å². The Kier molecular flexibility index (Phi) is 6.59. The van der Waals surface area contributed by atoms with Crippen LogP contribution < -0.4 is 5.32 Å². The highest BCUT2D eigenvalue weighted by molar-refractivity contribution is 5.95. The van der Waals surface area contributed by atoms with Crippen LogP contribution in [0.2, 0.25) is 0 Å². The molecule has 156 valence electrons. The van der Waals surface area contributed by atoms with Gasteiger partial charge in [-0.05, 0) is 43.2 Å². The lowest BCUT2D eigenvalue weighted by atomic mass is 10.1. The van der Waals surface area contributed by atoms with Crippen LogP contribution >= 0.6 is 0 Å². The van der Waals surface area contributed by atoms with E-state index in [1.807, 2.05) is 35.0 Å². The fraction of sp³-hybridized carbons (Fsp3) is 0.545. The highest BCUT2D eigenvalue weighted by Gasteiger charge is 2.34. The summed E-state index contributed by atoms with van der Waals surface area (Å²) >= 11 is 0. The predicted octanol–water partition coefficient (Wildman–Crippen LogP) is 2.15. The fourth-order valence-electron chi connectivity index (χ4n) is 4.28. The zero-order chi connectivity index (χ0) is 20.1. The molecule has 1 aliphatic heterocycles. The zero-order valence-electron chi connectivity index (χ0n) is 16.6. The average Bonchev–Trinajstić information content (AvgIpc) is 3.37. The first-order chi connectivity index (χ1) is 14.2. The Balaban J connectivity index is 1.34. The zero-order valence-corrected chi connectivity index (χ0v) is 16.6. The normalized spacial score (nSPS) is 25.2. The number of imidazole rings is 1. The standard InChI is InChI=1S/C22H29N3O4/c26-21-12-16(13-25-8-7-23-15-25)11-20(21)24-22(27)19-4-2-1-3-17(19)14-29-18-5-9-28-10-6-18/h1-4,7-8,15-16,18,20-21,26H,5-6,9-14H2,(H,24,27)/t16?,20-,21-/m1/s1. The molecule has 2 N–H and O–H groups in total. The Labute approximate surface area is 171 Å². The van der Waals surface area contributed by atoms with Gasteiger partial charge in [0.15, 0.2) is 0 Å². The molecule has 1 saturated heterocycles. The quantitative estimate of drug-likeness (QED) is 0.745. The van der Waals surface area contributed by atoms with Gasteiger partial charge >= 0.3 is 0 Å². The predicted molar refractivity (Wildman–Crippen MR) is 107 cm³/mol. The van der Waals surface area contributed by atoms with Gasteiger partial charge in [-0.1, -0.05) is 18.2 Å². The van der Waals surface area contributed by atoms with E-state index in [2.05, 4.69) is 10.3 Å². The van der Waals surface area contributed by atoms with Crippen LogP contribution in [0.4, 0.5) is 0 Å². The summed E-state index contributed by atoms with van der Waals surface area (Å²) in [4.78, 5) is 17.0. The van der Waals surface area contributed by atoms with Crippen molar-refractivity contribution in [1.82, 2.24) is 14.9 Å². The average molecular weight is 399 g/mol. The number of hydrogen-bond donors (Lipinski definition) is 2. The highest BCUT2D eigenvalue weighted by Crippen LogP contribution is 2.28. The van der Waals surface area contributed by atoms with Crippen molar-refractivity contribution in [2.75, 3.05) is 13.2 Å². The maximum absolute atomic E-state index is 12.9.